The summed E-state index contributed by atoms with van der Waals surface area (Å²) in [5, 5.41) is 21.3. The van der Waals surface area contributed by atoms with E-state index in [0.717, 1.165) is 45.5 Å². The van der Waals surface area contributed by atoms with Crippen LogP contribution in [0.2, 0.25) is 0 Å². The van der Waals surface area contributed by atoms with Crippen LogP contribution in [-0.4, -0.2) is 21.1 Å². The van der Waals surface area contributed by atoms with Gasteiger partial charge in [-0.05, 0) is 138 Å². The van der Waals surface area contributed by atoms with Gasteiger partial charge in [-0.3, -0.25) is 9.80 Å². The topological polar surface area (TPSA) is 19.4 Å². The lowest BCUT2D eigenvalue weighted by Crippen LogP contribution is -2.77. The number of para-hydroxylation sites is 4. The Balaban J connectivity index is 0.845. The summed E-state index contributed by atoms with van der Waals surface area (Å²) < 4.78 is 10.5. The number of fused-ring (bicyclic) bond motifs is 16. The summed E-state index contributed by atoms with van der Waals surface area (Å²) in [4.78, 5) is 11.2. The molecule has 92 heavy (non-hydrogen) atoms. The van der Waals surface area contributed by atoms with Crippen LogP contribution >= 0.6 is 45.3 Å². The van der Waals surface area contributed by atoms with Crippen LogP contribution in [0.25, 0.3) is 91.8 Å². The average Bonchev–Trinajstić information content (AvgIpc) is 0.800. The summed E-state index contributed by atoms with van der Waals surface area (Å²) in [7, 11) is -6.45. The van der Waals surface area contributed by atoms with Gasteiger partial charge in [0.05, 0.1) is 0 Å². The predicted octanol–water partition coefficient (Wildman–Crippen LogP) is 18.5. The minimum atomic E-state index is -3.23. The van der Waals surface area contributed by atoms with Crippen LogP contribution in [0.4, 0.5) is 34.4 Å². The van der Waals surface area contributed by atoms with Gasteiger partial charge >= 0.3 is 0 Å². The first-order chi connectivity index (χ1) is 45.6. The quantitative estimate of drug-likeness (QED) is 0.148. The number of pyridine rings is 1. The number of thiophene rings is 4. The fourth-order valence-electron chi connectivity index (χ4n) is 15.9. The Morgan fingerprint density at radius 3 is 0.793 bits per heavy atom. The van der Waals surface area contributed by atoms with Gasteiger partial charge in [0.15, 0.2) is 16.1 Å². The molecule has 13 aromatic carbocycles. The molecule has 0 saturated carbocycles. The van der Waals surface area contributed by atoms with E-state index in [1.54, 1.807) is 0 Å². The van der Waals surface area contributed by atoms with Crippen molar-refractivity contribution in [1.29, 1.82) is 0 Å². The summed E-state index contributed by atoms with van der Waals surface area (Å²) in [6.45, 7) is 0. The molecule has 0 saturated heterocycles. The number of hydrogen-bond acceptors (Lipinski definition) is 7. The van der Waals surface area contributed by atoms with Gasteiger partial charge in [-0.1, -0.05) is 224 Å². The normalized spacial score (nSPS) is 14.0. The van der Waals surface area contributed by atoms with Crippen molar-refractivity contribution in [2.45, 2.75) is 0 Å². The summed E-state index contributed by atoms with van der Waals surface area (Å²) in [6.07, 6.45) is 0. The second-order valence-corrected chi connectivity index (χ2v) is 36.2. The van der Waals surface area contributed by atoms with Crippen LogP contribution in [0.1, 0.15) is 0 Å². The molecule has 2 aliphatic heterocycles. The van der Waals surface area contributed by atoms with Crippen LogP contribution < -0.4 is 51.3 Å². The van der Waals surface area contributed by atoms with E-state index in [9.17, 15) is 0 Å². The monoisotopic (exact) mass is 1270 g/mol. The van der Waals surface area contributed by atoms with Crippen molar-refractivity contribution < 1.29 is 0 Å². The molecule has 0 N–H and O–H groups in total. The lowest BCUT2D eigenvalue weighted by atomic mass is 10.1. The first-order valence-electron chi connectivity index (χ1n) is 31.3. The van der Waals surface area contributed by atoms with E-state index < -0.39 is 16.1 Å². The SMILES string of the molecule is c1ccc(-c2cc(N3c4ccccc4[Si](c4ccc5sc6ccccc6c5c4)(c4ccc5sc6ccccc6c5c4)c4ccccc43)nc(N3c4ccccc4[Si](c4ccc5sc6ccccc6c5c4)(c4ccc5sc6ccccc6c5c4)c4ccccc43)c2)cc1. The third-order valence-electron chi connectivity index (χ3n) is 19.8. The maximum atomic E-state index is 6.15. The van der Waals surface area contributed by atoms with E-state index in [-0.39, 0.29) is 0 Å². The Morgan fingerprint density at radius 2 is 0.478 bits per heavy atom. The van der Waals surface area contributed by atoms with Gasteiger partial charge in [0.1, 0.15) is 11.6 Å². The van der Waals surface area contributed by atoms with Gasteiger partial charge in [0.2, 0.25) is 0 Å². The van der Waals surface area contributed by atoms with E-state index in [4.69, 9.17) is 4.98 Å². The summed E-state index contributed by atoms with van der Waals surface area (Å²) in [6, 6.07) is 119. The fourth-order valence-corrected chi connectivity index (χ4v) is 30.5. The standard InChI is InChI=1S/C83H51N3S4Si2/c1-2-20-52(21-3-1)53-46-82(85-66-26-8-16-34-78(66)91(79-35-17-9-27-67(79)85,54-38-42-74-62(48-54)58-22-4-12-30-70(58)87-74)55-39-43-75-63(49-55)59-23-5-13-31-71(59)88-75)84-83(47-53)86-68-28-10-18-36-80(68)92(81-37-19-11-29-69(81)86,56-40-44-76-64(50-56)60-24-6-14-32-72(60)89-76)57-41-45-77-65(51-57)61-25-7-15-33-73(61)90-77/h1-51H. The molecule has 2 aliphatic rings. The molecule has 0 radical (unpaired) electrons. The highest BCUT2D eigenvalue weighted by molar-refractivity contribution is 7.28. The van der Waals surface area contributed by atoms with Crippen LogP contribution in [0.5, 0.6) is 0 Å². The van der Waals surface area contributed by atoms with Crippen molar-refractivity contribution in [3.63, 3.8) is 0 Å². The molecule has 430 valence electrons. The molecule has 0 spiro atoms. The van der Waals surface area contributed by atoms with Crippen LogP contribution in [0.3, 0.4) is 0 Å². The number of hydrogen-bond donors (Lipinski definition) is 0. The highest BCUT2D eigenvalue weighted by Crippen LogP contribution is 2.46. The van der Waals surface area contributed by atoms with Gasteiger partial charge in [0.25, 0.3) is 0 Å². The van der Waals surface area contributed by atoms with Crippen molar-refractivity contribution >= 4 is 218 Å². The molecular formula is C83H51N3S4Si2. The van der Waals surface area contributed by atoms with E-state index >= 15 is 0 Å². The van der Waals surface area contributed by atoms with Crippen molar-refractivity contribution in [1.82, 2.24) is 4.98 Å². The van der Waals surface area contributed by atoms with E-state index in [1.165, 1.54) is 122 Å². The average molecular weight is 1270 g/mol. The first kappa shape index (κ1) is 52.7. The molecule has 7 heterocycles. The van der Waals surface area contributed by atoms with E-state index in [2.05, 4.69) is 319 Å². The molecule has 18 aromatic rings. The molecule has 9 heteroatoms. The molecule has 3 nitrogen and oxygen atoms in total. The van der Waals surface area contributed by atoms with E-state index in [0.29, 0.717) is 0 Å². The Kier molecular flexibility index (Phi) is 11.6. The minimum Gasteiger partial charge on any atom is -0.295 e. The van der Waals surface area contributed by atoms with Gasteiger partial charge < -0.3 is 0 Å². The number of nitrogens with zero attached hydrogens (tertiary/aromatic N) is 3. The number of benzene rings is 13. The summed E-state index contributed by atoms with van der Waals surface area (Å²) in [5.74, 6) is 1.71. The molecule has 20 rings (SSSR count). The predicted molar refractivity (Wildman–Crippen MR) is 405 cm³/mol. The molecule has 0 unspecified atom stereocenters. The summed E-state index contributed by atoms with van der Waals surface area (Å²) >= 11 is 7.55. The molecule has 0 aliphatic carbocycles. The number of aromatic nitrogens is 1. The Morgan fingerprint density at radius 1 is 0.217 bits per heavy atom. The molecular weight excluding hydrogens is 1220 g/mol. The van der Waals surface area contributed by atoms with Crippen LogP contribution in [0.15, 0.2) is 309 Å². The lowest BCUT2D eigenvalue weighted by molar-refractivity contribution is 1.14. The molecule has 0 amide bonds. The van der Waals surface area contributed by atoms with Gasteiger partial charge in [-0.15, -0.1) is 45.3 Å². The fraction of sp³-hybridized carbons (Fsp3) is 0. The first-order valence-corrected chi connectivity index (χ1v) is 38.6. The zero-order valence-electron chi connectivity index (χ0n) is 49.4. The Hall–Kier alpha value is -10.1. The van der Waals surface area contributed by atoms with Crippen molar-refractivity contribution in [3.8, 4) is 11.1 Å². The molecule has 5 aromatic heterocycles. The third-order valence-corrected chi connectivity index (χ3v) is 34.0. The smallest absolute Gasteiger partial charge is 0.184 e. The second-order valence-electron chi connectivity index (χ2n) is 24.4. The van der Waals surface area contributed by atoms with Gasteiger partial charge in [-0.2, -0.15) is 0 Å². The largest absolute Gasteiger partial charge is 0.295 e. The molecule has 0 atom stereocenters. The summed E-state index contributed by atoms with van der Waals surface area (Å²) in [5.41, 5.74) is 6.79. The zero-order valence-corrected chi connectivity index (χ0v) is 54.7. The second kappa shape index (κ2) is 20.2. The highest BCUT2D eigenvalue weighted by Gasteiger charge is 2.52. The van der Waals surface area contributed by atoms with Crippen molar-refractivity contribution in [3.05, 3.63) is 309 Å². The number of rotatable bonds is 7. The molecule has 0 fully saturated rings. The zero-order chi connectivity index (χ0) is 60.2. The van der Waals surface area contributed by atoms with Gasteiger partial charge in [0, 0.05) is 103 Å². The maximum absolute atomic E-state index is 6.15. The van der Waals surface area contributed by atoms with E-state index in [1.807, 2.05) is 45.3 Å². The van der Waals surface area contributed by atoms with Crippen LogP contribution in [0, 0.1) is 0 Å². The minimum absolute atomic E-state index is 0.857. The maximum Gasteiger partial charge on any atom is 0.184 e. The van der Waals surface area contributed by atoms with Crippen molar-refractivity contribution in [2.75, 3.05) is 9.80 Å². The van der Waals surface area contributed by atoms with Crippen LogP contribution in [-0.2, 0) is 0 Å². The Labute approximate surface area is 548 Å². The number of anilines is 6. The van der Waals surface area contributed by atoms with Gasteiger partial charge in [-0.25, -0.2) is 4.98 Å². The lowest BCUT2D eigenvalue weighted by Gasteiger charge is -2.46. The van der Waals surface area contributed by atoms with Crippen molar-refractivity contribution in [2.24, 2.45) is 0 Å². The molecule has 0 bridgehead atoms. The highest BCUT2D eigenvalue weighted by atomic mass is 32.1. The third kappa shape index (κ3) is 7.48. The Bertz CT molecular complexity index is 5420.